The van der Waals surface area contributed by atoms with E-state index in [1.807, 2.05) is 0 Å². The van der Waals surface area contributed by atoms with Gasteiger partial charge in [-0.05, 0) is 37.5 Å². The zero-order valence-corrected chi connectivity index (χ0v) is 15.4. The van der Waals surface area contributed by atoms with Crippen molar-refractivity contribution >= 4 is 11.6 Å². The first-order chi connectivity index (χ1) is 13.6. The van der Waals surface area contributed by atoms with Gasteiger partial charge in [0.1, 0.15) is 30.3 Å². The molecule has 0 unspecified atom stereocenters. The van der Waals surface area contributed by atoms with E-state index < -0.39 is 47.6 Å². The highest BCUT2D eigenvalue weighted by atomic mass is 19.3. The predicted octanol–water partition coefficient (Wildman–Crippen LogP) is 4.22. The van der Waals surface area contributed by atoms with Crippen LogP contribution in [0.5, 0.6) is 0 Å². The van der Waals surface area contributed by atoms with Crippen LogP contribution in [0.3, 0.4) is 0 Å². The number of benzene rings is 1. The Hall–Kier alpha value is -2.78. The molecule has 0 spiro atoms. The SMILES string of the molecule is C[C@@]1(c2cc(CC(=O)c3coc(C(F)F)n3)ccc2F)CC[C@@](F)(CF)C(N)=N1. The normalized spacial score (nSPS) is 24.6. The van der Waals surface area contributed by atoms with Crippen LogP contribution >= 0.6 is 0 Å². The van der Waals surface area contributed by atoms with Crippen LogP contribution in [0, 0.1) is 5.82 Å². The lowest BCUT2D eigenvalue weighted by Gasteiger charge is -2.36. The summed E-state index contributed by atoms with van der Waals surface area (Å²) in [5, 5.41) is 0. The molecule has 1 aromatic carbocycles. The van der Waals surface area contributed by atoms with Crippen molar-refractivity contribution in [1.82, 2.24) is 4.98 Å². The van der Waals surface area contributed by atoms with E-state index in [9.17, 15) is 26.7 Å². The molecule has 1 aliphatic heterocycles. The summed E-state index contributed by atoms with van der Waals surface area (Å²) in [6.45, 7) is 0.210. The third kappa shape index (κ3) is 4.01. The number of oxazole rings is 1. The van der Waals surface area contributed by atoms with Gasteiger partial charge in [0.05, 0.1) is 5.54 Å². The number of ketones is 1. The molecule has 2 atom stereocenters. The van der Waals surface area contributed by atoms with Crippen LogP contribution in [0.1, 0.15) is 53.7 Å². The summed E-state index contributed by atoms with van der Waals surface area (Å²) in [5.74, 6) is -2.66. The molecule has 2 heterocycles. The molecule has 0 radical (unpaired) electrons. The van der Waals surface area contributed by atoms with E-state index in [0.717, 1.165) is 12.3 Å². The van der Waals surface area contributed by atoms with E-state index in [1.54, 1.807) is 0 Å². The lowest BCUT2D eigenvalue weighted by atomic mass is 9.80. The van der Waals surface area contributed by atoms with Gasteiger partial charge >= 0.3 is 6.43 Å². The predicted molar refractivity (Wildman–Crippen MR) is 93.9 cm³/mol. The second kappa shape index (κ2) is 7.57. The molecule has 0 aliphatic carbocycles. The molecule has 0 amide bonds. The third-order valence-electron chi connectivity index (χ3n) is 5.02. The monoisotopic (exact) mass is 415 g/mol. The zero-order chi connectivity index (χ0) is 21.4. The fourth-order valence-corrected chi connectivity index (χ4v) is 3.21. The molecule has 0 fully saturated rings. The van der Waals surface area contributed by atoms with Crippen molar-refractivity contribution in [2.24, 2.45) is 10.7 Å². The lowest BCUT2D eigenvalue weighted by Crippen LogP contribution is -2.48. The van der Waals surface area contributed by atoms with Crippen LogP contribution in [0.4, 0.5) is 22.0 Å². The van der Waals surface area contributed by atoms with Gasteiger partial charge in [-0.15, -0.1) is 0 Å². The number of carbonyl (C=O) groups is 1. The van der Waals surface area contributed by atoms with E-state index in [1.165, 1.54) is 19.1 Å². The average molecular weight is 415 g/mol. The Kier molecular flexibility index (Phi) is 5.46. The number of amidine groups is 1. The first-order valence-corrected chi connectivity index (χ1v) is 8.74. The molecule has 0 saturated carbocycles. The molecule has 3 rings (SSSR count). The molecule has 156 valence electrons. The zero-order valence-electron chi connectivity index (χ0n) is 15.4. The molecular weight excluding hydrogens is 397 g/mol. The molecule has 2 N–H and O–H groups in total. The Morgan fingerprint density at radius 2 is 2.07 bits per heavy atom. The average Bonchev–Trinajstić information content (AvgIpc) is 3.17. The van der Waals surface area contributed by atoms with Gasteiger partial charge in [0.25, 0.3) is 5.89 Å². The highest BCUT2D eigenvalue weighted by molar-refractivity contribution is 5.95. The number of aliphatic imine (C=N–C) groups is 1. The summed E-state index contributed by atoms with van der Waals surface area (Å²) >= 11 is 0. The summed E-state index contributed by atoms with van der Waals surface area (Å²) in [7, 11) is 0. The van der Waals surface area contributed by atoms with Crippen LogP contribution in [-0.4, -0.2) is 28.9 Å². The van der Waals surface area contributed by atoms with E-state index in [2.05, 4.69) is 14.4 Å². The topological polar surface area (TPSA) is 81.5 Å². The number of hydrogen-bond donors (Lipinski definition) is 1. The first-order valence-electron chi connectivity index (χ1n) is 8.74. The number of hydrogen-bond acceptors (Lipinski definition) is 5. The van der Waals surface area contributed by atoms with Gasteiger partial charge in [0.2, 0.25) is 0 Å². The summed E-state index contributed by atoms with van der Waals surface area (Å²) in [6.07, 6.45) is -2.64. The van der Waals surface area contributed by atoms with E-state index in [0.29, 0.717) is 5.56 Å². The Balaban J connectivity index is 1.87. The molecule has 0 saturated heterocycles. The van der Waals surface area contributed by atoms with Gasteiger partial charge in [-0.1, -0.05) is 6.07 Å². The van der Waals surface area contributed by atoms with Crippen LogP contribution in [0.2, 0.25) is 0 Å². The van der Waals surface area contributed by atoms with Gasteiger partial charge < -0.3 is 10.2 Å². The van der Waals surface area contributed by atoms with Crippen LogP contribution in [0.15, 0.2) is 33.9 Å². The second-order valence-electron chi connectivity index (χ2n) is 7.16. The molecule has 2 aromatic rings. The van der Waals surface area contributed by atoms with Gasteiger partial charge in [-0.25, -0.2) is 18.2 Å². The second-order valence-corrected chi connectivity index (χ2v) is 7.16. The molecule has 29 heavy (non-hydrogen) atoms. The Bertz CT molecular complexity index is 961. The lowest BCUT2D eigenvalue weighted by molar-refractivity contribution is 0.0987. The summed E-state index contributed by atoms with van der Waals surface area (Å²) in [4.78, 5) is 19.7. The van der Waals surface area contributed by atoms with E-state index in [-0.39, 0.29) is 30.5 Å². The fraction of sp³-hybridized carbons (Fsp3) is 0.421. The number of alkyl halides is 4. The standard InChI is InChI=1S/C19H18F5N3O2/c1-18(4-5-19(24,9-20)17(25)27-18)11-6-10(2-3-12(11)21)7-14(28)13-8-29-16(26-13)15(22)23/h2-3,6,8,15H,4-5,7,9H2,1H3,(H2,25,27)/t18-,19+/m0/s1. The fourth-order valence-electron chi connectivity index (χ4n) is 3.21. The summed E-state index contributed by atoms with van der Waals surface area (Å²) in [5.41, 5.74) is 2.13. The van der Waals surface area contributed by atoms with Crippen molar-refractivity contribution in [3.8, 4) is 0 Å². The minimum absolute atomic E-state index is 0.00345. The third-order valence-corrected chi connectivity index (χ3v) is 5.02. The van der Waals surface area contributed by atoms with Crippen LogP contribution in [0.25, 0.3) is 0 Å². The molecule has 5 nitrogen and oxygen atoms in total. The van der Waals surface area contributed by atoms with Crippen molar-refractivity contribution < 1.29 is 31.2 Å². The number of nitrogens with zero attached hydrogens (tertiary/aromatic N) is 2. The van der Waals surface area contributed by atoms with Crippen LogP contribution < -0.4 is 5.73 Å². The van der Waals surface area contributed by atoms with E-state index in [4.69, 9.17) is 5.73 Å². The highest BCUT2D eigenvalue weighted by Gasteiger charge is 2.44. The number of nitrogens with two attached hydrogens (primary N) is 1. The molecular formula is C19H18F5N3O2. The van der Waals surface area contributed by atoms with Gasteiger partial charge in [0.15, 0.2) is 11.5 Å². The summed E-state index contributed by atoms with van der Waals surface area (Å²) in [6, 6.07) is 3.85. The van der Waals surface area contributed by atoms with Crippen LogP contribution in [-0.2, 0) is 12.0 Å². The molecule has 1 aliphatic rings. The largest absolute Gasteiger partial charge is 0.443 e. The van der Waals surface area contributed by atoms with E-state index >= 15 is 0 Å². The van der Waals surface area contributed by atoms with Crippen molar-refractivity contribution in [1.29, 1.82) is 0 Å². The molecule has 10 heteroatoms. The summed E-state index contributed by atoms with van der Waals surface area (Å²) < 4.78 is 71.4. The van der Waals surface area contributed by atoms with Gasteiger partial charge in [-0.2, -0.15) is 8.78 Å². The quantitative estimate of drug-likeness (QED) is 0.566. The maximum Gasteiger partial charge on any atom is 0.313 e. The minimum atomic E-state index is -2.95. The molecule has 1 aromatic heterocycles. The van der Waals surface area contributed by atoms with Crippen molar-refractivity contribution in [3.63, 3.8) is 0 Å². The molecule has 0 bridgehead atoms. The Morgan fingerprint density at radius 1 is 1.34 bits per heavy atom. The highest BCUT2D eigenvalue weighted by Crippen LogP contribution is 2.40. The minimum Gasteiger partial charge on any atom is -0.443 e. The van der Waals surface area contributed by atoms with Gasteiger partial charge in [-0.3, -0.25) is 9.79 Å². The van der Waals surface area contributed by atoms with Gasteiger partial charge in [0, 0.05) is 12.0 Å². The number of carbonyl (C=O) groups excluding carboxylic acids is 1. The maximum absolute atomic E-state index is 14.5. The number of aromatic nitrogens is 1. The van der Waals surface area contributed by atoms with Crippen molar-refractivity contribution in [2.75, 3.05) is 6.67 Å². The van der Waals surface area contributed by atoms with Crippen molar-refractivity contribution in [3.05, 3.63) is 53.0 Å². The number of rotatable bonds is 6. The smallest absolute Gasteiger partial charge is 0.313 e. The Labute approximate surface area is 162 Å². The Morgan fingerprint density at radius 3 is 2.66 bits per heavy atom. The number of Topliss-reactive ketones (excluding diaryl/α,β-unsaturated/α-hetero) is 1. The van der Waals surface area contributed by atoms with Crippen molar-refractivity contribution in [2.45, 2.75) is 43.8 Å². The number of halogens is 5. The maximum atomic E-state index is 14.5. The first kappa shape index (κ1) is 20.9.